The van der Waals surface area contributed by atoms with E-state index in [1.165, 1.54) is 0 Å². The van der Waals surface area contributed by atoms with Gasteiger partial charge in [-0.3, -0.25) is 9.59 Å². The largest absolute Gasteiger partial charge is 0.352 e. The Labute approximate surface area is 134 Å². The zero-order valence-corrected chi connectivity index (χ0v) is 13.0. The molecule has 0 radical (unpaired) electrons. The minimum absolute atomic E-state index is 0.0560. The quantitative estimate of drug-likeness (QED) is 0.921. The lowest BCUT2D eigenvalue weighted by Gasteiger charge is -2.32. The van der Waals surface area contributed by atoms with Crippen LogP contribution in [0.5, 0.6) is 0 Å². The number of piperidine rings is 1. The van der Waals surface area contributed by atoms with Gasteiger partial charge in [-0.05, 0) is 30.5 Å². The Morgan fingerprint density at radius 2 is 1.91 bits per heavy atom. The molecule has 0 aromatic heterocycles. The first-order chi connectivity index (χ1) is 10.6. The molecular formula is C16H18ClN3O2. The van der Waals surface area contributed by atoms with Crippen LogP contribution in [0.4, 0.5) is 0 Å². The van der Waals surface area contributed by atoms with E-state index in [2.05, 4.69) is 5.32 Å². The molecule has 5 nitrogen and oxygen atoms in total. The minimum atomic E-state index is -0.242. The molecule has 1 N–H and O–H groups in total. The third kappa shape index (κ3) is 4.74. The third-order valence-electron chi connectivity index (χ3n) is 3.72. The van der Waals surface area contributed by atoms with Gasteiger partial charge in [0.2, 0.25) is 11.8 Å². The highest BCUT2D eigenvalue weighted by Gasteiger charge is 2.23. The van der Waals surface area contributed by atoms with Crippen LogP contribution in [0.1, 0.15) is 24.8 Å². The average Bonchev–Trinajstić information content (AvgIpc) is 2.50. The smallest absolute Gasteiger partial charge is 0.234 e. The summed E-state index contributed by atoms with van der Waals surface area (Å²) in [5.41, 5.74) is 0.943. The average molecular weight is 320 g/mol. The summed E-state index contributed by atoms with van der Waals surface area (Å²) in [6, 6.07) is 9.16. The van der Waals surface area contributed by atoms with Crippen LogP contribution in [-0.2, 0) is 16.0 Å². The van der Waals surface area contributed by atoms with Gasteiger partial charge >= 0.3 is 0 Å². The van der Waals surface area contributed by atoms with Crippen LogP contribution in [0, 0.1) is 11.3 Å². The SMILES string of the molecule is N#CCC(=O)NC1CCN(C(=O)Cc2ccc(Cl)cc2)CC1. The molecule has 2 amide bonds. The van der Waals surface area contributed by atoms with E-state index in [0.717, 1.165) is 18.4 Å². The lowest BCUT2D eigenvalue weighted by Crippen LogP contribution is -2.46. The van der Waals surface area contributed by atoms with Crippen molar-refractivity contribution in [2.24, 2.45) is 0 Å². The van der Waals surface area contributed by atoms with Gasteiger partial charge in [0.25, 0.3) is 0 Å². The number of benzene rings is 1. The summed E-state index contributed by atoms with van der Waals surface area (Å²) in [7, 11) is 0. The summed E-state index contributed by atoms with van der Waals surface area (Å²) in [5.74, 6) is -0.155. The number of nitriles is 1. The molecule has 116 valence electrons. The monoisotopic (exact) mass is 319 g/mol. The summed E-state index contributed by atoms with van der Waals surface area (Å²) >= 11 is 5.83. The van der Waals surface area contributed by atoms with E-state index in [1.54, 1.807) is 12.1 Å². The normalized spacial score (nSPS) is 15.2. The molecule has 6 heteroatoms. The van der Waals surface area contributed by atoms with E-state index in [0.29, 0.717) is 24.5 Å². The predicted octanol–water partition coefficient (Wildman–Crippen LogP) is 1.90. The Morgan fingerprint density at radius 1 is 1.27 bits per heavy atom. The zero-order valence-electron chi connectivity index (χ0n) is 12.2. The molecule has 0 atom stereocenters. The van der Waals surface area contributed by atoms with Crippen molar-refractivity contribution in [1.82, 2.24) is 10.2 Å². The number of amides is 2. The van der Waals surface area contributed by atoms with Crippen LogP contribution in [0.3, 0.4) is 0 Å². The fourth-order valence-corrected chi connectivity index (χ4v) is 2.64. The molecule has 0 spiro atoms. The number of hydrogen-bond donors (Lipinski definition) is 1. The van der Waals surface area contributed by atoms with Crippen LogP contribution < -0.4 is 5.32 Å². The second-order valence-corrected chi connectivity index (χ2v) is 5.80. The fraction of sp³-hybridized carbons (Fsp3) is 0.438. The molecule has 1 aliphatic rings. The highest BCUT2D eigenvalue weighted by Crippen LogP contribution is 2.14. The van der Waals surface area contributed by atoms with Crippen molar-refractivity contribution >= 4 is 23.4 Å². The van der Waals surface area contributed by atoms with Gasteiger partial charge in [0.1, 0.15) is 6.42 Å². The summed E-state index contributed by atoms with van der Waals surface area (Å²) in [6.45, 7) is 1.26. The van der Waals surface area contributed by atoms with Gasteiger partial charge < -0.3 is 10.2 Å². The van der Waals surface area contributed by atoms with Gasteiger partial charge in [-0.2, -0.15) is 5.26 Å². The van der Waals surface area contributed by atoms with Gasteiger partial charge in [0, 0.05) is 24.2 Å². The van der Waals surface area contributed by atoms with Crippen molar-refractivity contribution < 1.29 is 9.59 Å². The van der Waals surface area contributed by atoms with E-state index in [-0.39, 0.29) is 24.3 Å². The van der Waals surface area contributed by atoms with Gasteiger partial charge in [-0.15, -0.1) is 0 Å². The molecule has 22 heavy (non-hydrogen) atoms. The summed E-state index contributed by atoms with van der Waals surface area (Å²) in [4.78, 5) is 25.4. The molecule has 1 saturated heterocycles. The molecule has 0 bridgehead atoms. The summed E-state index contributed by atoms with van der Waals surface area (Å²) < 4.78 is 0. The van der Waals surface area contributed by atoms with Crippen LogP contribution >= 0.6 is 11.6 Å². The number of nitrogens with zero attached hydrogens (tertiary/aromatic N) is 2. The Morgan fingerprint density at radius 3 is 2.50 bits per heavy atom. The molecule has 2 rings (SSSR count). The van der Waals surface area contributed by atoms with Crippen LogP contribution in [0.15, 0.2) is 24.3 Å². The predicted molar refractivity (Wildman–Crippen MR) is 83.1 cm³/mol. The fourth-order valence-electron chi connectivity index (χ4n) is 2.51. The molecule has 0 saturated carbocycles. The maximum absolute atomic E-state index is 12.2. The molecule has 1 aliphatic heterocycles. The van der Waals surface area contributed by atoms with Gasteiger partial charge in [-0.1, -0.05) is 23.7 Å². The van der Waals surface area contributed by atoms with E-state index < -0.39 is 0 Å². The van der Waals surface area contributed by atoms with E-state index >= 15 is 0 Å². The Hall–Kier alpha value is -2.06. The zero-order chi connectivity index (χ0) is 15.9. The third-order valence-corrected chi connectivity index (χ3v) is 3.97. The van der Waals surface area contributed by atoms with Gasteiger partial charge in [-0.25, -0.2) is 0 Å². The Bertz CT molecular complexity index is 572. The van der Waals surface area contributed by atoms with Gasteiger partial charge in [0.05, 0.1) is 12.5 Å². The van der Waals surface area contributed by atoms with Crippen LogP contribution in [0.2, 0.25) is 5.02 Å². The standard InChI is InChI=1S/C16H18ClN3O2/c17-13-3-1-12(2-4-13)11-16(22)20-9-6-14(7-10-20)19-15(21)5-8-18/h1-4,14H,5-7,9-11H2,(H,19,21). The molecule has 1 heterocycles. The van der Waals surface area contributed by atoms with Crippen molar-refractivity contribution in [3.05, 3.63) is 34.9 Å². The van der Waals surface area contributed by atoms with Crippen molar-refractivity contribution in [2.75, 3.05) is 13.1 Å². The lowest BCUT2D eigenvalue weighted by atomic mass is 10.0. The Kier molecular flexibility index (Phi) is 5.79. The first-order valence-electron chi connectivity index (χ1n) is 7.27. The number of likely N-dealkylation sites (tertiary alicyclic amines) is 1. The first kappa shape index (κ1) is 16.3. The number of carbonyl (C=O) groups is 2. The van der Waals surface area contributed by atoms with Crippen LogP contribution in [0.25, 0.3) is 0 Å². The second-order valence-electron chi connectivity index (χ2n) is 5.36. The topological polar surface area (TPSA) is 73.2 Å². The summed E-state index contributed by atoms with van der Waals surface area (Å²) in [6.07, 6.45) is 1.70. The Balaban J connectivity index is 1.78. The number of nitrogens with one attached hydrogen (secondary N) is 1. The maximum Gasteiger partial charge on any atom is 0.234 e. The number of hydrogen-bond acceptors (Lipinski definition) is 3. The van der Waals surface area contributed by atoms with E-state index in [1.807, 2.05) is 23.1 Å². The molecule has 1 fully saturated rings. The molecular weight excluding hydrogens is 302 g/mol. The second kappa shape index (κ2) is 7.81. The van der Waals surface area contributed by atoms with Crippen LogP contribution in [-0.4, -0.2) is 35.8 Å². The molecule has 1 aromatic carbocycles. The first-order valence-corrected chi connectivity index (χ1v) is 7.65. The van der Waals surface area contributed by atoms with E-state index in [4.69, 9.17) is 16.9 Å². The number of carbonyl (C=O) groups excluding carboxylic acids is 2. The van der Waals surface area contributed by atoms with Crippen molar-refractivity contribution in [1.29, 1.82) is 5.26 Å². The van der Waals surface area contributed by atoms with E-state index in [9.17, 15) is 9.59 Å². The highest BCUT2D eigenvalue weighted by molar-refractivity contribution is 6.30. The van der Waals surface area contributed by atoms with Crippen molar-refractivity contribution in [3.8, 4) is 6.07 Å². The maximum atomic E-state index is 12.2. The molecule has 1 aromatic rings. The highest BCUT2D eigenvalue weighted by atomic mass is 35.5. The summed E-state index contributed by atoms with van der Waals surface area (Å²) in [5, 5.41) is 11.9. The molecule has 0 unspecified atom stereocenters. The minimum Gasteiger partial charge on any atom is -0.352 e. The number of rotatable bonds is 4. The lowest BCUT2D eigenvalue weighted by molar-refractivity contribution is -0.131. The number of halogens is 1. The van der Waals surface area contributed by atoms with Crippen molar-refractivity contribution in [3.63, 3.8) is 0 Å². The van der Waals surface area contributed by atoms with Crippen molar-refractivity contribution in [2.45, 2.75) is 31.7 Å². The van der Waals surface area contributed by atoms with Gasteiger partial charge in [0.15, 0.2) is 0 Å². The molecule has 0 aliphatic carbocycles.